The van der Waals surface area contributed by atoms with Gasteiger partial charge in [0.25, 0.3) is 0 Å². The molecule has 3 N–H and O–H groups in total. The van der Waals surface area contributed by atoms with Crippen LogP contribution in [0.1, 0.15) is 0 Å². The molecule has 0 bridgehead atoms. The van der Waals surface area contributed by atoms with E-state index in [1.807, 2.05) is 0 Å². The second-order valence-corrected chi connectivity index (χ2v) is 7.60. The lowest BCUT2D eigenvalue weighted by Crippen LogP contribution is -1.98. The summed E-state index contributed by atoms with van der Waals surface area (Å²) in [5.41, 5.74) is 6.04. The Morgan fingerprint density at radius 1 is 1.03 bits per heavy atom. The lowest BCUT2D eigenvalue weighted by Gasteiger charge is -2.13. The second kappa shape index (κ2) is 8.33. The van der Waals surface area contributed by atoms with Crippen molar-refractivity contribution < 1.29 is 13.5 Å². The van der Waals surface area contributed by atoms with Crippen molar-refractivity contribution in [3.05, 3.63) is 71.5 Å². The molecule has 0 fully saturated rings. The summed E-state index contributed by atoms with van der Waals surface area (Å²) >= 11 is 7.03. The molecule has 0 atom stereocenters. The normalized spacial score (nSPS) is 10.9. The van der Waals surface area contributed by atoms with Crippen LogP contribution in [0.2, 0.25) is 5.02 Å². The number of anilines is 2. The summed E-state index contributed by atoms with van der Waals surface area (Å²) in [4.78, 5) is 8.66. The molecule has 2 aromatic heterocycles. The molecular weight excluding hydrogens is 430 g/mol. The molecule has 0 spiro atoms. The Labute approximate surface area is 180 Å². The van der Waals surface area contributed by atoms with Gasteiger partial charge in [-0.2, -0.15) is 0 Å². The van der Waals surface area contributed by atoms with E-state index < -0.39 is 11.6 Å². The van der Waals surface area contributed by atoms with Gasteiger partial charge in [-0.3, -0.25) is 0 Å². The van der Waals surface area contributed by atoms with E-state index >= 15 is 4.39 Å². The lowest BCUT2D eigenvalue weighted by atomic mass is 10.0. The highest BCUT2D eigenvalue weighted by Crippen LogP contribution is 2.36. The zero-order valence-corrected chi connectivity index (χ0v) is 17.2. The minimum atomic E-state index is -0.723. The Hall–Kier alpha value is -3.10. The zero-order chi connectivity index (χ0) is 21.3. The van der Waals surface area contributed by atoms with Crippen LogP contribution in [0.4, 0.5) is 20.3 Å². The van der Waals surface area contributed by atoms with Gasteiger partial charge >= 0.3 is 0 Å². The Morgan fingerprint density at radius 2 is 1.87 bits per heavy atom. The van der Waals surface area contributed by atoms with Gasteiger partial charge in [0, 0.05) is 17.8 Å². The molecular formula is C21H15ClF2N4OS. The molecule has 4 aromatic rings. The monoisotopic (exact) mass is 444 g/mol. The number of rotatable bonds is 5. The van der Waals surface area contributed by atoms with E-state index in [2.05, 4.69) is 14.7 Å². The fourth-order valence-corrected chi connectivity index (χ4v) is 3.96. The lowest BCUT2D eigenvalue weighted by molar-refractivity contribution is 0.387. The predicted molar refractivity (Wildman–Crippen MR) is 117 cm³/mol. The van der Waals surface area contributed by atoms with Crippen LogP contribution in [0.25, 0.3) is 21.9 Å². The maximum atomic E-state index is 15.2. The molecule has 5 nitrogen and oxygen atoms in total. The number of halogens is 3. The van der Waals surface area contributed by atoms with Gasteiger partial charge < -0.3 is 15.2 Å². The van der Waals surface area contributed by atoms with Gasteiger partial charge in [0.1, 0.15) is 11.6 Å². The highest BCUT2D eigenvalue weighted by Gasteiger charge is 2.17. The van der Waals surface area contributed by atoms with Gasteiger partial charge in [0.05, 0.1) is 28.3 Å². The van der Waals surface area contributed by atoms with Crippen molar-refractivity contribution >= 4 is 45.8 Å². The van der Waals surface area contributed by atoms with E-state index in [1.54, 1.807) is 36.5 Å². The number of pyridine rings is 2. The molecule has 0 saturated heterocycles. The standard InChI is InChI=1S/C21H15ClF2N4OS/c1-29-21-17(8-14(22)10-27-21)30-28-16-5-4-15(23)19(20(16)24)12-3-2-11-7-18(25)26-9-13(11)6-12/h2-10,28H,1H3,(H2,25,26). The number of hydrogen-bond acceptors (Lipinski definition) is 6. The van der Waals surface area contributed by atoms with E-state index in [0.717, 1.165) is 22.7 Å². The SMILES string of the molecule is COc1ncc(Cl)cc1SNc1ccc(F)c(-c2ccc3cc(N)ncc3c2)c1F. The number of hydrogen-bond donors (Lipinski definition) is 2. The van der Waals surface area contributed by atoms with Gasteiger partial charge in [-0.1, -0.05) is 23.7 Å². The Kier molecular flexibility index (Phi) is 5.61. The molecule has 4 rings (SSSR count). The fraction of sp³-hybridized carbons (Fsp3) is 0.0476. The van der Waals surface area contributed by atoms with Gasteiger partial charge in [0.2, 0.25) is 5.88 Å². The summed E-state index contributed by atoms with van der Waals surface area (Å²) < 4.78 is 37.8. The van der Waals surface area contributed by atoms with Gasteiger partial charge in [-0.25, -0.2) is 18.7 Å². The van der Waals surface area contributed by atoms with E-state index in [0.29, 0.717) is 27.2 Å². The number of nitrogens with one attached hydrogen (secondary N) is 1. The minimum Gasteiger partial charge on any atom is -0.480 e. The summed E-state index contributed by atoms with van der Waals surface area (Å²) in [5, 5.41) is 1.96. The van der Waals surface area contributed by atoms with Crippen LogP contribution in [0.5, 0.6) is 5.88 Å². The van der Waals surface area contributed by atoms with Crippen LogP contribution in [-0.2, 0) is 0 Å². The summed E-state index contributed by atoms with van der Waals surface area (Å²) in [7, 11) is 1.47. The average Bonchev–Trinajstić information content (AvgIpc) is 2.73. The largest absolute Gasteiger partial charge is 0.480 e. The van der Waals surface area contributed by atoms with Gasteiger partial charge in [-0.05, 0) is 53.2 Å². The molecule has 2 heterocycles. The first kappa shape index (κ1) is 20.2. The predicted octanol–water partition coefficient (Wildman–Crippen LogP) is 5.94. The quantitative estimate of drug-likeness (QED) is 0.371. The minimum absolute atomic E-state index is 0.106. The van der Waals surface area contributed by atoms with Crippen molar-refractivity contribution in [3.63, 3.8) is 0 Å². The van der Waals surface area contributed by atoms with Crippen molar-refractivity contribution in [2.75, 3.05) is 17.6 Å². The van der Waals surface area contributed by atoms with Crippen molar-refractivity contribution in [3.8, 4) is 17.0 Å². The number of fused-ring (bicyclic) bond motifs is 1. The van der Waals surface area contributed by atoms with E-state index in [4.69, 9.17) is 22.1 Å². The van der Waals surface area contributed by atoms with Crippen molar-refractivity contribution in [2.45, 2.75) is 4.90 Å². The Bertz CT molecular complexity index is 1260. The molecule has 0 saturated carbocycles. The number of nitrogens with two attached hydrogens (primary N) is 1. The van der Waals surface area contributed by atoms with Crippen LogP contribution >= 0.6 is 23.5 Å². The summed E-state index contributed by atoms with van der Waals surface area (Å²) in [5.74, 6) is -0.685. The van der Waals surface area contributed by atoms with Crippen LogP contribution in [0.3, 0.4) is 0 Å². The highest BCUT2D eigenvalue weighted by atomic mass is 35.5. The number of nitrogens with zero attached hydrogens (tertiary/aromatic N) is 2. The molecule has 9 heteroatoms. The van der Waals surface area contributed by atoms with Crippen molar-refractivity contribution in [2.24, 2.45) is 0 Å². The topological polar surface area (TPSA) is 73.1 Å². The number of nitrogen functional groups attached to an aromatic ring is 1. The summed E-state index contributed by atoms with van der Waals surface area (Å²) in [6.45, 7) is 0. The smallest absolute Gasteiger partial charge is 0.228 e. The van der Waals surface area contributed by atoms with E-state index in [9.17, 15) is 4.39 Å². The van der Waals surface area contributed by atoms with Crippen molar-refractivity contribution in [1.82, 2.24) is 9.97 Å². The van der Waals surface area contributed by atoms with Gasteiger partial charge in [0.15, 0.2) is 5.82 Å². The molecule has 2 aromatic carbocycles. The Balaban J connectivity index is 1.69. The van der Waals surface area contributed by atoms with Crippen LogP contribution in [0.15, 0.2) is 59.8 Å². The number of benzene rings is 2. The number of methoxy groups -OCH3 is 1. The Morgan fingerprint density at radius 3 is 2.67 bits per heavy atom. The maximum Gasteiger partial charge on any atom is 0.228 e. The molecule has 0 radical (unpaired) electrons. The zero-order valence-electron chi connectivity index (χ0n) is 15.6. The molecule has 0 unspecified atom stereocenters. The first-order valence-corrected chi connectivity index (χ1v) is 9.92. The molecule has 152 valence electrons. The molecule has 0 aliphatic carbocycles. The average molecular weight is 445 g/mol. The highest BCUT2D eigenvalue weighted by molar-refractivity contribution is 8.00. The van der Waals surface area contributed by atoms with Crippen molar-refractivity contribution in [1.29, 1.82) is 0 Å². The van der Waals surface area contributed by atoms with Crippen LogP contribution in [0, 0.1) is 11.6 Å². The number of ether oxygens (including phenoxy) is 1. The second-order valence-electron chi connectivity index (χ2n) is 6.32. The third kappa shape index (κ3) is 3.96. The number of aromatic nitrogens is 2. The third-order valence-electron chi connectivity index (χ3n) is 4.37. The molecule has 0 aliphatic heterocycles. The van der Waals surface area contributed by atoms with E-state index in [1.165, 1.54) is 25.4 Å². The fourth-order valence-electron chi connectivity index (χ4n) is 2.95. The summed E-state index contributed by atoms with van der Waals surface area (Å²) in [6.07, 6.45) is 3.02. The van der Waals surface area contributed by atoms with Crippen LogP contribution in [-0.4, -0.2) is 17.1 Å². The first-order chi connectivity index (χ1) is 14.5. The third-order valence-corrected chi connectivity index (χ3v) is 5.41. The first-order valence-electron chi connectivity index (χ1n) is 8.72. The molecule has 0 amide bonds. The molecule has 0 aliphatic rings. The summed E-state index contributed by atoms with van der Waals surface area (Å²) in [6, 6.07) is 10.9. The van der Waals surface area contributed by atoms with Crippen LogP contribution < -0.4 is 15.2 Å². The van der Waals surface area contributed by atoms with Gasteiger partial charge in [-0.15, -0.1) is 0 Å². The molecule has 30 heavy (non-hydrogen) atoms. The van der Waals surface area contributed by atoms with E-state index in [-0.39, 0.29) is 11.3 Å². The maximum absolute atomic E-state index is 15.2.